The van der Waals surface area contributed by atoms with Gasteiger partial charge in [0, 0.05) is 35.2 Å². The van der Waals surface area contributed by atoms with Crippen LogP contribution in [0.2, 0.25) is 0 Å². The van der Waals surface area contributed by atoms with Crippen molar-refractivity contribution < 1.29 is 23.1 Å². The van der Waals surface area contributed by atoms with Crippen molar-refractivity contribution in [3.05, 3.63) is 70.8 Å². The number of carbonyl (C=O) groups excluding carboxylic acids is 2. The minimum absolute atomic E-state index is 0.146. The van der Waals surface area contributed by atoms with Gasteiger partial charge in [0.1, 0.15) is 11.6 Å². The van der Waals surface area contributed by atoms with Crippen LogP contribution in [0.15, 0.2) is 42.5 Å². The lowest BCUT2D eigenvalue weighted by Gasteiger charge is -2.20. The Kier molecular flexibility index (Phi) is 6.11. The summed E-state index contributed by atoms with van der Waals surface area (Å²) in [6.07, 6.45) is 0.539. The number of nitrogens with zero attached hydrogens (tertiary/aromatic N) is 1. The van der Waals surface area contributed by atoms with Crippen LogP contribution in [0.3, 0.4) is 0 Å². The summed E-state index contributed by atoms with van der Waals surface area (Å²) in [5.74, 6) is -0.860. The molecule has 1 aliphatic rings. The summed E-state index contributed by atoms with van der Waals surface area (Å²) in [5.41, 5.74) is 1.20. The van der Waals surface area contributed by atoms with Gasteiger partial charge in [-0.15, -0.1) is 0 Å². The SMILES string of the molecule is COC(=O)c1ccc(C(=O)N2CCS[C@H](c3cc(F)ccc3F)CC2)cc1. The Balaban J connectivity index is 1.69. The van der Waals surface area contributed by atoms with E-state index in [2.05, 4.69) is 4.74 Å². The molecule has 1 aliphatic heterocycles. The van der Waals surface area contributed by atoms with Crippen molar-refractivity contribution in [1.82, 2.24) is 4.90 Å². The van der Waals surface area contributed by atoms with Crippen molar-refractivity contribution >= 4 is 23.6 Å². The number of carbonyl (C=O) groups is 2. The fourth-order valence-corrected chi connectivity index (χ4v) is 4.27. The second-order valence-corrected chi connectivity index (χ2v) is 7.49. The lowest BCUT2D eigenvalue weighted by atomic mass is 10.1. The predicted octanol–water partition coefficient (Wildman–Crippen LogP) is 4.07. The number of rotatable bonds is 3. The van der Waals surface area contributed by atoms with Gasteiger partial charge < -0.3 is 9.64 Å². The lowest BCUT2D eigenvalue weighted by Crippen LogP contribution is -2.33. The summed E-state index contributed by atoms with van der Waals surface area (Å²) in [6.45, 7) is 0.973. The Morgan fingerprint density at radius 1 is 1.07 bits per heavy atom. The van der Waals surface area contributed by atoms with Crippen LogP contribution in [-0.2, 0) is 4.74 Å². The van der Waals surface area contributed by atoms with Crippen LogP contribution in [0.25, 0.3) is 0 Å². The number of amides is 1. The van der Waals surface area contributed by atoms with Gasteiger partial charge in [-0.2, -0.15) is 11.8 Å². The van der Waals surface area contributed by atoms with Crippen LogP contribution in [0, 0.1) is 11.6 Å². The normalized spacial score (nSPS) is 17.3. The Bertz CT molecular complexity index is 842. The van der Waals surface area contributed by atoms with Crippen molar-refractivity contribution in [3.8, 4) is 0 Å². The molecule has 1 atom stereocenters. The Morgan fingerprint density at radius 2 is 1.78 bits per heavy atom. The first-order chi connectivity index (χ1) is 13.0. The number of hydrogen-bond donors (Lipinski definition) is 0. The van der Waals surface area contributed by atoms with Crippen molar-refractivity contribution in [1.29, 1.82) is 0 Å². The highest BCUT2D eigenvalue weighted by Gasteiger charge is 2.25. The van der Waals surface area contributed by atoms with E-state index in [4.69, 9.17) is 0 Å². The highest BCUT2D eigenvalue weighted by molar-refractivity contribution is 7.99. The van der Waals surface area contributed by atoms with Gasteiger partial charge >= 0.3 is 5.97 Å². The molecular formula is C20H19F2NO3S. The first-order valence-electron chi connectivity index (χ1n) is 8.54. The molecule has 0 bridgehead atoms. The second-order valence-electron chi connectivity index (χ2n) is 6.18. The summed E-state index contributed by atoms with van der Waals surface area (Å²) in [5, 5.41) is -0.194. The topological polar surface area (TPSA) is 46.6 Å². The van der Waals surface area contributed by atoms with Crippen LogP contribution in [0.1, 0.15) is 38.0 Å². The van der Waals surface area contributed by atoms with Gasteiger partial charge in [0.05, 0.1) is 12.7 Å². The Labute approximate surface area is 160 Å². The van der Waals surface area contributed by atoms with Crippen LogP contribution in [0.4, 0.5) is 8.78 Å². The van der Waals surface area contributed by atoms with E-state index in [-0.39, 0.29) is 11.2 Å². The molecule has 1 fully saturated rings. The number of ether oxygens (including phenoxy) is 1. The number of benzene rings is 2. The van der Waals surface area contributed by atoms with Crippen molar-refractivity contribution in [2.24, 2.45) is 0 Å². The number of hydrogen-bond acceptors (Lipinski definition) is 4. The van der Waals surface area contributed by atoms with E-state index >= 15 is 0 Å². The predicted molar refractivity (Wildman–Crippen MR) is 99.9 cm³/mol. The maximum Gasteiger partial charge on any atom is 0.337 e. The summed E-state index contributed by atoms with van der Waals surface area (Å²) in [6, 6.07) is 9.77. The standard InChI is InChI=1S/C20H19F2NO3S/c1-26-20(25)14-4-2-13(3-5-14)19(24)23-9-8-18(27-11-10-23)16-12-15(21)6-7-17(16)22/h2-7,12,18H,8-11H2,1H3/t18-/m0/s1. The molecule has 0 aromatic heterocycles. The van der Waals surface area contributed by atoms with E-state index in [1.165, 1.54) is 24.9 Å². The molecule has 27 heavy (non-hydrogen) atoms. The van der Waals surface area contributed by atoms with Gasteiger partial charge in [0.15, 0.2) is 0 Å². The third-order valence-electron chi connectivity index (χ3n) is 4.49. The van der Waals surface area contributed by atoms with Crippen molar-refractivity contribution in [2.45, 2.75) is 11.7 Å². The van der Waals surface area contributed by atoms with E-state index in [0.29, 0.717) is 42.0 Å². The molecule has 1 amide bonds. The lowest BCUT2D eigenvalue weighted by molar-refractivity contribution is 0.0599. The minimum atomic E-state index is -0.463. The second kappa shape index (κ2) is 8.52. The van der Waals surface area contributed by atoms with Gasteiger partial charge in [-0.1, -0.05) is 0 Å². The largest absolute Gasteiger partial charge is 0.465 e. The molecule has 0 aliphatic carbocycles. The van der Waals surface area contributed by atoms with Crippen LogP contribution in [-0.4, -0.2) is 42.7 Å². The quantitative estimate of drug-likeness (QED) is 0.740. The van der Waals surface area contributed by atoms with Gasteiger partial charge in [0.2, 0.25) is 0 Å². The van der Waals surface area contributed by atoms with Gasteiger partial charge in [-0.25, -0.2) is 13.6 Å². The molecule has 2 aromatic carbocycles. The van der Waals surface area contributed by atoms with Crippen LogP contribution < -0.4 is 0 Å². The monoisotopic (exact) mass is 391 g/mol. The van der Waals surface area contributed by atoms with Crippen LogP contribution >= 0.6 is 11.8 Å². The molecule has 0 saturated carbocycles. The summed E-state index contributed by atoms with van der Waals surface area (Å²) in [7, 11) is 1.30. The maximum absolute atomic E-state index is 14.0. The molecule has 142 valence electrons. The summed E-state index contributed by atoms with van der Waals surface area (Å²) < 4.78 is 32.2. The molecular weight excluding hydrogens is 372 g/mol. The molecule has 0 radical (unpaired) electrons. The molecule has 3 rings (SSSR count). The van der Waals surface area contributed by atoms with Gasteiger partial charge in [-0.3, -0.25) is 4.79 Å². The van der Waals surface area contributed by atoms with E-state index in [1.807, 2.05) is 0 Å². The van der Waals surface area contributed by atoms with Gasteiger partial charge in [0.25, 0.3) is 5.91 Å². The number of esters is 1. The molecule has 0 spiro atoms. The number of methoxy groups -OCH3 is 1. The first-order valence-corrected chi connectivity index (χ1v) is 9.58. The highest BCUT2D eigenvalue weighted by Crippen LogP contribution is 2.36. The molecule has 1 saturated heterocycles. The van der Waals surface area contributed by atoms with E-state index in [1.54, 1.807) is 29.2 Å². The third kappa shape index (κ3) is 4.47. The molecule has 0 N–H and O–H groups in total. The van der Waals surface area contributed by atoms with E-state index < -0.39 is 17.6 Å². The average molecular weight is 391 g/mol. The third-order valence-corrected chi connectivity index (χ3v) is 5.80. The smallest absolute Gasteiger partial charge is 0.337 e. The molecule has 0 unspecified atom stereocenters. The number of thioether (sulfide) groups is 1. The van der Waals surface area contributed by atoms with E-state index in [9.17, 15) is 18.4 Å². The molecule has 7 heteroatoms. The van der Waals surface area contributed by atoms with E-state index in [0.717, 1.165) is 12.1 Å². The summed E-state index contributed by atoms with van der Waals surface area (Å²) in [4.78, 5) is 25.9. The number of halogens is 2. The van der Waals surface area contributed by atoms with Crippen molar-refractivity contribution in [2.75, 3.05) is 26.0 Å². The fourth-order valence-electron chi connectivity index (χ4n) is 3.03. The maximum atomic E-state index is 14.0. The highest BCUT2D eigenvalue weighted by atomic mass is 32.2. The first kappa shape index (κ1) is 19.4. The summed E-state index contributed by atoms with van der Waals surface area (Å²) >= 11 is 1.52. The zero-order valence-electron chi connectivity index (χ0n) is 14.8. The van der Waals surface area contributed by atoms with Crippen molar-refractivity contribution in [3.63, 3.8) is 0 Å². The molecule has 2 aromatic rings. The fraction of sp³-hybridized carbons (Fsp3) is 0.300. The zero-order valence-corrected chi connectivity index (χ0v) is 15.6. The van der Waals surface area contributed by atoms with Crippen LogP contribution in [0.5, 0.6) is 0 Å². The molecule has 4 nitrogen and oxygen atoms in total. The average Bonchev–Trinajstić information content (AvgIpc) is 2.95. The van der Waals surface area contributed by atoms with Gasteiger partial charge in [-0.05, 0) is 48.9 Å². The minimum Gasteiger partial charge on any atom is -0.465 e. The Morgan fingerprint density at radius 3 is 2.48 bits per heavy atom. The molecule has 1 heterocycles. The Hall–Kier alpha value is -2.41. The zero-order chi connectivity index (χ0) is 19.4.